The predicted molar refractivity (Wildman–Crippen MR) is 118 cm³/mol. The number of hydrogen-bond acceptors (Lipinski definition) is 5. The van der Waals surface area contributed by atoms with Crippen molar-refractivity contribution in [1.29, 1.82) is 0 Å². The molecule has 0 aromatic heterocycles. The standard InChI is InChI=1S/C24H43NO5/c1-4-6-7-10-13-16-24(3,29)17-18-25-20(21(26)19-22(25)27)14-11-8-9-12-15-23(28)30-5-2/h20,29H,4-19H2,1-3H3. The summed E-state index contributed by atoms with van der Waals surface area (Å²) < 4.78 is 4.92. The number of carbonyl (C=O) groups excluding carboxylic acids is 3. The first kappa shape index (κ1) is 26.6. The lowest BCUT2D eigenvalue weighted by molar-refractivity contribution is -0.143. The Labute approximate surface area is 182 Å². The number of unbranched alkanes of at least 4 members (excludes halogenated alkanes) is 7. The van der Waals surface area contributed by atoms with Crippen LogP contribution >= 0.6 is 0 Å². The Bertz CT molecular complexity index is 532. The molecule has 30 heavy (non-hydrogen) atoms. The van der Waals surface area contributed by atoms with Crippen LogP contribution in [0.1, 0.15) is 111 Å². The number of esters is 1. The number of nitrogens with zero attached hydrogens (tertiary/aromatic N) is 1. The maximum Gasteiger partial charge on any atom is 0.305 e. The number of hydrogen-bond donors (Lipinski definition) is 1. The molecule has 1 aliphatic heterocycles. The van der Waals surface area contributed by atoms with E-state index in [2.05, 4.69) is 6.92 Å². The van der Waals surface area contributed by atoms with E-state index in [1.165, 1.54) is 19.3 Å². The summed E-state index contributed by atoms with van der Waals surface area (Å²) in [5, 5.41) is 10.7. The SMILES string of the molecule is CCCCCCCC(C)(O)CCN1C(=O)CC(=O)C1CCCCCCC(=O)OCC. The topological polar surface area (TPSA) is 83.9 Å². The van der Waals surface area contributed by atoms with Crippen LogP contribution in [0.4, 0.5) is 0 Å². The Balaban J connectivity index is 2.33. The van der Waals surface area contributed by atoms with Gasteiger partial charge in [-0.25, -0.2) is 0 Å². The Kier molecular flexibility index (Phi) is 12.9. The Morgan fingerprint density at radius 2 is 1.70 bits per heavy atom. The first-order valence-electron chi connectivity index (χ1n) is 12.0. The van der Waals surface area contributed by atoms with Crippen molar-refractivity contribution in [3.8, 4) is 0 Å². The highest BCUT2D eigenvalue weighted by Crippen LogP contribution is 2.25. The van der Waals surface area contributed by atoms with Crippen LogP contribution in [0, 0.1) is 0 Å². The van der Waals surface area contributed by atoms with Gasteiger partial charge in [0.1, 0.15) is 0 Å². The van der Waals surface area contributed by atoms with E-state index in [-0.39, 0.29) is 30.1 Å². The fourth-order valence-corrected chi connectivity index (χ4v) is 4.10. The van der Waals surface area contributed by atoms with Gasteiger partial charge >= 0.3 is 5.97 Å². The van der Waals surface area contributed by atoms with E-state index >= 15 is 0 Å². The van der Waals surface area contributed by atoms with Gasteiger partial charge in [0.25, 0.3) is 0 Å². The highest BCUT2D eigenvalue weighted by atomic mass is 16.5. The molecule has 0 aromatic carbocycles. The van der Waals surface area contributed by atoms with E-state index in [0.29, 0.717) is 32.4 Å². The van der Waals surface area contributed by atoms with Gasteiger partial charge in [-0.2, -0.15) is 0 Å². The number of carbonyl (C=O) groups is 3. The zero-order valence-corrected chi connectivity index (χ0v) is 19.4. The third kappa shape index (κ3) is 10.6. The van der Waals surface area contributed by atoms with E-state index in [4.69, 9.17) is 4.74 Å². The van der Waals surface area contributed by atoms with Gasteiger partial charge in [0, 0.05) is 13.0 Å². The lowest BCUT2D eigenvalue weighted by atomic mass is 9.93. The molecule has 1 saturated heterocycles. The molecule has 1 aliphatic rings. The minimum Gasteiger partial charge on any atom is -0.466 e. The fourth-order valence-electron chi connectivity index (χ4n) is 4.10. The average Bonchev–Trinajstić information content (AvgIpc) is 2.95. The van der Waals surface area contributed by atoms with Crippen LogP contribution in [0.3, 0.4) is 0 Å². The molecule has 0 spiro atoms. The molecule has 2 atom stereocenters. The Hall–Kier alpha value is -1.43. The second kappa shape index (κ2) is 14.6. The molecule has 1 fully saturated rings. The van der Waals surface area contributed by atoms with Gasteiger partial charge in [-0.05, 0) is 39.5 Å². The second-order valence-electron chi connectivity index (χ2n) is 8.92. The number of aliphatic hydroxyl groups is 1. The van der Waals surface area contributed by atoms with Crippen molar-refractivity contribution in [2.75, 3.05) is 13.2 Å². The van der Waals surface area contributed by atoms with Crippen LogP contribution in [0.2, 0.25) is 0 Å². The summed E-state index contributed by atoms with van der Waals surface area (Å²) in [5.41, 5.74) is -0.796. The number of ketones is 1. The van der Waals surface area contributed by atoms with Gasteiger partial charge in [0.15, 0.2) is 5.78 Å². The summed E-state index contributed by atoms with van der Waals surface area (Å²) >= 11 is 0. The van der Waals surface area contributed by atoms with Crippen molar-refractivity contribution < 1.29 is 24.2 Å². The van der Waals surface area contributed by atoms with Crippen LogP contribution in [-0.4, -0.2) is 52.5 Å². The van der Waals surface area contributed by atoms with Crippen molar-refractivity contribution in [3.05, 3.63) is 0 Å². The maximum atomic E-state index is 12.3. The molecule has 0 saturated carbocycles. The van der Waals surface area contributed by atoms with Gasteiger partial charge in [-0.15, -0.1) is 0 Å². The number of ether oxygens (including phenoxy) is 1. The highest BCUT2D eigenvalue weighted by Gasteiger charge is 2.38. The first-order valence-corrected chi connectivity index (χ1v) is 12.0. The predicted octanol–water partition coefficient (Wildman–Crippen LogP) is 4.56. The molecule has 0 radical (unpaired) electrons. The first-order chi connectivity index (χ1) is 14.3. The lowest BCUT2D eigenvalue weighted by Crippen LogP contribution is -2.39. The largest absolute Gasteiger partial charge is 0.466 e. The van der Waals surface area contributed by atoms with Crippen LogP contribution in [0.25, 0.3) is 0 Å². The van der Waals surface area contributed by atoms with Crippen LogP contribution in [0.15, 0.2) is 0 Å². The number of likely N-dealkylation sites (tertiary alicyclic amines) is 1. The molecule has 1 rings (SSSR count). The number of amides is 1. The molecule has 0 aliphatic carbocycles. The van der Waals surface area contributed by atoms with Gasteiger partial charge in [-0.3, -0.25) is 14.4 Å². The van der Waals surface area contributed by atoms with E-state index in [9.17, 15) is 19.5 Å². The quantitative estimate of drug-likeness (QED) is 0.210. The van der Waals surface area contributed by atoms with E-state index in [0.717, 1.165) is 44.9 Å². The smallest absolute Gasteiger partial charge is 0.305 e. The van der Waals surface area contributed by atoms with Crippen molar-refractivity contribution >= 4 is 17.7 Å². The molecule has 1 amide bonds. The molecule has 0 aromatic rings. The monoisotopic (exact) mass is 425 g/mol. The zero-order chi connectivity index (χ0) is 22.4. The molecular weight excluding hydrogens is 382 g/mol. The molecule has 6 nitrogen and oxygen atoms in total. The van der Waals surface area contributed by atoms with Gasteiger partial charge in [-0.1, -0.05) is 58.3 Å². The molecule has 1 N–H and O–H groups in total. The van der Waals surface area contributed by atoms with Crippen LogP contribution < -0.4 is 0 Å². The van der Waals surface area contributed by atoms with E-state index in [1.807, 2.05) is 6.92 Å². The minimum absolute atomic E-state index is 0.00531. The molecule has 0 bridgehead atoms. The Morgan fingerprint density at radius 1 is 1.03 bits per heavy atom. The van der Waals surface area contributed by atoms with Crippen molar-refractivity contribution in [3.63, 3.8) is 0 Å². The summed E-state index contributed by atoms with van der Waals surface area (Å²) in [6, 6.07) is -0.345. The fraction of sp³-hybridized carbons (Fsp3) is 0.875. The van der Waals surface area contributed by atoms with Crippen molar-refractivity contribution in [2.45, 2.75) is 122 Å². The lowest BCUT2D eigenvalue weighted by Gasteiger charge is -2.29. The molecule has 1 heterocycles. The summed E-state index contributed by atoms with van der Waals surface area (Å²) in [6.45, 7) is 6.69. The number of Topliss-reactive ketones (excluding diaryl/α,β-unsaturated/α-hetero) is 1. The summed E-state index contributed by atoms with van der Waals surface area (Å²) in [7, 11) is 0. The summed E-state index contributed by atoms with van der Waals surface area (Å²) in [5.74, 6) is -0.255. The van der Waals surface area contributed by atoms with E-state index in [1.54, 1.807) is 11.8 Å². The van der Waals surface area contributed by atoms with Crippen LogP contribution in [0.5, 0.6) is 0 Å². The minimum atomic E-state index is -0.796. The molecule has 2 unspecified atom stereocenters. The van der Waals surface area contributed by atoms with Gasteiger partial charge in [0.05, 0.1) is 24.7 Å². The van der Waals surface area contributed by atoms with Crippen LogP contribution in [-0.2, 0) is 19.1 Å². The Morgan fingerprint density at radius 3 is 2.40 bits per heavy atom. The van der Waals surface area contributed by atoms with E-state index < -0.39 is 5.60 Å². The highest BCUT2D eigenvalue weighted by molar-refractivity contribution is 6.07. The third-order valence-electron chi connectivity index (χ3n) is 6.02. The molecule has 174 valence electrons. The van der Waals surface area contributed by atoms with Gasteiger partial charge in [0.2, 0.25) is 5.91 Å². The zero-order valence-electron chi connectivity index (χ0n) is 19.4. The molecule has 6 heteroatoms. The summed E-state index contributed by atoms with van der Waals surface area (Å²) in [6.07, 6.45) is 11.6. The van der Waals surface area contributed by atoms with Crippen molar-refractivity contribution in [2.24, 2.45) is 0 Å². The normalized spacial score (nSPS) is 18.7. The number of rotatable bonds is 17. The van der Waals surface area contributed by atoms with Crippen molar-refractivity contribution in [1.82, 2.24) is 4.90 Å². The third-order valence-corrected chi connectivity index (χ3v) is 6.02. The maximum absolute atomic E-state index is 12.3. The van der Waals surface area contributed by atoms with Gasteiger partial charge < -0.3 is 14.7 Å². The second-order valence-corrected chi connectivity index (χ2v) is 8.92. The average molecular weight is 426 g/mol. The summed E-state index contributed by atoms with van der Waals surface area (Å²) in [4.78, 5) is 37.6. The molecular formula is C24H43NO5.